The Morgan fingerprint density at radius 1 is 1.28 bits per heavy atom. The van der Waals surface area contributed by atoms with Gasteiger partial charge in [-0.1, -0.05) is 12.1 Å². The number of aliphatic carboxylic acids is 1. The molecule has 0 aromatic heterocycles. The molecule has 7 nitrogen and oxygen atoms in total. The van der Waals surface area contributed by atoms with Crippen molar-refractivity contribution < 1.29 is 29.0 Å². The summed E-state index contributed by atoms with van der Waals surface area (Å²) in [7, 11) is 0. The highest BCUT2D eigenvalue weighted by Crippen LogP contribution is 2.61. The molecule has 2 fully saturated rings. The van der Waals surface area contributed by atoms with Crippen LogP contribution >= 0.6 is 12.4 Å². The molecule has 0 amide bonds. The second-order valence-corrected chi connectivity index (χ2v) is 6.45. The number of halogens is 1. The Kier molecular flexibility index (Phi) is 5.39. The summed E-state index contributed by atoms with van der Waals surface area (Å²) >= 11 is 0. The first-order chi connectivity index (χ1) is 11.3. The predicted octanol–water partition coefficient (Wildman–Crippen LogP) is 1.51. The maximum Gasteiger partial charge on any atom is 0.326 e. The Hall–Kier alpha value is -2.12. The van der Waals surface area contributed by atoms with Gasteiger partial charge in [0.2, 0.25) is 0 Å². The van der Waals surface area contributed by atoms with Crippen LogP contribution in [0, 0.1) is 17.8 Å². The Morgan fingerprint density at radius 3 is 2.44 bits per heavy atom. The number of carboxylic acid groups (broad SMARTS) is 1. The lowest BCUT2D eigenvalue weighted by Gasteiger charge is -2.24. The van der Waals surface area contributed by atoms with Crippen LogP contribution in [0.15, 0.2) is 24.3 Å². The van der Waals surface area contributed by atoms with E-state index in [0.29, 0.717) is 18.6 Å². The Morgan fingerprint density at radius 2 is 1.92 bits per heavy atom. The molecule has 8 heteroatoms. The minimum Gasteiger partial charge on any atom is -0.481 e. The molecule has 1 aromatic carbocycles. The van der Waals surface area contributed by atoms with E-state index in [2.05, 4.69) is 0 Å². The van der Waals surface area contributed by atoms with Crippen LogP contribution in [0.25, 0.3) is 0 Å². The van der Waals surface area contributed by atoms with Crippen LogP contribution in [-0.2, 0) is 25.7 Å². The van der Waals surface area contributed by atoms with Gasteiger partial charge in [-0.25, -0.2) is 0 Å². The summed E-state index contributed by atoms with van der Waals surface area (Å²) in [4.78, 5) is 34.3. The lowest BCUT2D eigenvalue weighted by molar-refractivity contribution is -0.153. The first-order valence-corrected chi connectivity index (χ1v) is 7.79. The molecule has 136 valence electrons. The fourth-order valence-corrected chi connectivity index (χ4v) is 3.69. The molecule has 25 heavy (non-hydrogen) atoms. The smallest absolute Gasteiger partial charge is 0.326 e. The molecule has 0 bridgehead atoms. The highest BCUT2D eigenvalue weighted by molar-refractivity contribution is 5.86. The molecule has 2 aliphatic rings. The summed E-state index contributed by atoms with van der Waals surface area (Å²) < 4.78 is 10.2. The van der Waals surface area contributed by atoms with Gasteiger partial charge in [-0.05, 0) is 36.5 Å². The molecule has 2 aliphatic carbocycles. The van der Waals surface area contributed by atoms with Crippen molar-refractivity contribution in [3.63, 3.8) is 0 Å². The van der Waals surface area contributed by atoms with Gasteiger partial charge in [0.25, 0.3) is 0 Å². The van der Waals surface area contributed by atoms with Gasteiger partial charge in [-0.3, -0.25) is 14.4 Å². The Balaban J connectivity index is 0.00000225. The fourth-order valence-electron chi connectivity index (χ4n) is 3.69. The SMILES string of the molecule is CC(=O)Oc1ccc(COC(=O)[C@]2(N)CC[C@H]3[C@H](C(=O)O)[C@H]32)cc1.Cl. The standard InChI is InChI=1S/C17H19NO6.ClH/c1-9(19)24-11-4-2-10(3-5-11)8-23-16(22)17(18)7-6-12-13(14(12)17)15(20)21;/h2-5,12-14H,6-8,18H2,1H3,(H,20,21);1H/t12-,13-,14-,17-;/m0./s1. The van der Waals surface area contributed by atoms with Crippen LogP contribution in [0.2, 0.25) is 0 Å². The van der Waals surface area contributed by atoms with Gasteiger partial charge in [-0.2, -0.15) is 0 Å². The zero-order valence-electron chi connectivity index (χ0n) is 13.6. The number of hydrogen-bond acceptors (Lipinski definition) is 6. The predicted molar refractivity (Wildman–Crippen MR) is 89.1 cm³/mol. The lowest BCUT2D eigenvalue weighted by atomic mass is 9.91. The largest absolute Gasteiger partial charge is 0.481 e. The third kappa shape index (κ3) is 3.62. The van der Waals surface area contributed by atoms with E-state index < -0.39 is 29.4 Å². The lowest BCUT2D eigenvalue weighted by Crippen LogP contribution is -2.50. The van der Waals surface area contributed by atoms with E-state index in [1.54, 1.807) is 24.3 Å². The van der Waals surface area contributed by atoms with Crippen molar-refractivity contribution in [2.45, 2.75) is 31.9 Å². The monoisotopic (exact) mass is 369 g/mol. The van der Waals surface area contributed by atoms with Crippen molar-refractivity contribution in [3.05, 3.63) is 29.8 Å². The molecule has 0 unspecified atom stereocenters. The molecule has 3 N–H and O–H groups in total. The number of carboxylic acids is 1. The van der Waals surface area contributed by atoms with Gasteiger partial charge < -0.3 is 20.3 Å². The van der Waals surface area contributed by atoms with Crippen molar-refractivity contribution in [2.75, 3.05) is 0 Å². The number of nitrogens with two attached hydrogens (primary N) is 1. The minimum absolute atomic E-state index is 0. The first kappa shape index (κ1) is 19.2. The van der Waals surface area contributed by atoms with E-state index in [0.717, 1.165) is 5.56 Å². The number of carbonyl (C=O) groups excluding carboxylic acids is 2. The molecule has 0 heterocycles. The zero-order chi connectivity index (χ0) is 17.5. The second kappa shape index (κ2) is 7.01. The molecule has 2 saturated carbocycles. The maximum absolute atomic E-state index is 12.3. The van der Waals surface area contributed by atoms with E-state index in [-0.39, 0.29) is 30.8 Å². The number of carbonyl (C=O) groups is 3. The van der Waals surface area contributed by atoms with Gasteiger partial charge in [0.1, 0.15) is 17.9 Å². The van der Waals surface area contributed by atoms with Crippen LogP contribution in [0.3, 0.4) is 0 Å². The van der Waals surface area contributed by atoms with Crippen molar-refractivity contribution in [2.24, 2.45) is 23.5 Å². The first-order valence-electron chi connectivity index (χ1n) is 7.79. The minimum atomic E-state index is -1.20. The average Bonchev–Trinajstić information content (AvgIpc) is 3.17. The molecule has 0 spiro atoms. The van der Waals surface area contributed by atoms with Gasteiger partial charge in [0.15, 0.2) is 0 Å². The van der Waals surface area contributed by atoms with E-state index in [9.17, 15) is 14.4 Å². The van der Waals surface area contributed by atoms with Crippen molar-refractivity contribution >= 4 is 30.3 Å². The zero-order valence-corrected chi connectivity index (χ0v) is 14.5. The summed E-state index contributed by atoms with van der Waals surface area (Å²) in [5.41, 5.74) is 5.69. The highest BCUT2D eigenvalue weighted by Gasteiger charge is 2.70. The fraction of sp³-hybridized carbons (Fsp3) is 0.471. The molecule has 0 radical (unpaired) electrons. The van der Waals surface area contributed by atoms with Crippen molar-refractivity contribution in [3.8, 4) is 5.75 Å². The van der Waals surface area contributed by atoms with Gasteiger partial charge in [0, 0.05) is 12.8 Å². The van der Waals surface area contributed by atoms with Gasteiger partial charge >= 0.3 is 17.9 Å². The summed E-state index contributed by atoms with van der Waals surface area (Å²) in [6, 6.07) is 6.58. The second-order valence-electron chi connectivity index (χ2n) is 6.45. The molecule has 3 rings (SSSR count). The maximum atomic E-state index is 12.3. The van der Waals surface area contributed by atoms with E-state index in [1.807, 2.05) is 0 Å². The van der Waals surface area contributed by atoms with Crippen LogP contribution in [0.5, 0.6) is 5.75 Å². The van der Waals surface area contributed by atoms with Crippen LogP contribution in [0.4, 0.5) is 0 Å². The van der Waals surface area contributed by atoms with E-state index >= 15 is 0 Å². The topological polar surface area (TPSA) is 116 Å². The number of esters is 2. The third-order valence-corrected chi connectivity index (χ3v) is 4.87. The number of hydrogen-bond donors (Lipinski definition) is 2. The number of benzene rings is 1. The Labute approximate surface area is 150 Å². The molecular formula is C17H20ClNO6. The van der Waals surface area contributed by atoms with Gasteiger partial charge in [0.05, 0.1) is 5.92 Å². The normalized spacial score (nSPS) is 29.1. The van der Waals surface area contributed by atoms with Crippen LogP contribution in [-0.4, -0.2) is 28.6 Å². The summed E-state index contributed by atoms with van der Waals surface area (Å²) in [5.74, 6) is -2.31. The number of fused-ring (bicyclic) bond motifs is 1. The summed E-state index contributed by atoms with van der Waals surface area (Å²) in [5, 5.41) is 9.13. The Bertz CT molecular complexity index is 691. The molecular weight excluding hydrogens is 350 g/mol. The summed E-state index contributed by atoms with van der Waals surface area (Å²) in [6.07, 6.45) is 1.10. The van der Waals surface area contributed by atoms with E-state index in [4.69, 9.17) is 20.3 Å². The molecule has 4 atom stereocenters. The van der Waals surface area contributed by atoms with Crippen molar-refractivity contribution in [1.29, 1.82) is 0 Å². The van der Waals surface area contributed by atoms with E-state index in [1.165, 1.54) is 6.92 Å². The third-order valence-electron chi connectivity index (χ3n) is 4.87. The molecule has 1 aromatic rings. The average molecular weight is 370 g/mol. The van der Waals surface area contributed by atoms with Crippen LogP contribution in [0.1, 0.15) is 25.3 Å². The van der Waals surface area contributed by atoms with Crippen molar-refractivity contribution in [1.82, 2.24) is 0 Å². The van der Waals surface area contributed by atoms with Crippen LogP contribution < -0.4 is 10.5 Å². The van der Waals surface area contributed by atoms with Gasteiger partial charge in [-0.15, -0.1) is 12.4 Å². The quantitative estimate of drug-likeness (QED) is 0.597. The number of rotatable bonds is 5. The number of ether oxygens (including phenoxy) is 2. The summed E-state index contributed by atoms with van der Waals surface area (Å²) in [6.45, 7) is 1.35. The molecule has 0 saturated heterocycles. The highest BCUT2D eigenvalue weighted by atomic mass is 35.5. The molecule has 0 aliphatic heterocycles.